The number of amides is 2. The minimum atomic E-state index is -0.578. The monoisotopic (exact) mass is 342 g/mol. The van der Waals surface area contributed by atoms with E-state index in [1.807, 2.05) is 6.92 Å². The molecule has 20 heavy (non-hydrogen) atoms. The summed E-state index contributed by atoms with van der Waals surface area (Å²) >= 11 is 3.07. The summed E-state index contributed by atoms with van der Waals surface area (Å²) in [6.45, 7) is 2.15. The van der Waals surface area contributed by atoms with Crippen LogP contribution in [0.5, 0.6) is 0 Å². The van der Waals surface area contributed by atoms with Crippen LogP contribution in [0.1, 0.15) is 30.1 Å². The molecule has 0 bridgehead atoms. The average molecular weight is 343 g/mol. The fourth-order valence-corrected chi connectivity index (χ4v) is 2.81. The van der Waals surface area contributed by atoms with Crippen LogP contribution in [-0.4, -0.2) is 29.3 Å². The molecule has 108 valence electrons. The number of halogens is 2. The topological polar surface area (TPSA) is 63.4 Å². The second-order valence-corrected chi connectivity index (χ2v) is 5.94. The Bertz CT molecular complexity index is 550. The summed E-state index contributed by atoms with van der Waals surface area (Å²) in [5.74, 6) is -1.75. The fourth-order valence-electron chi connectivity index (χ4n) is 2.45. The van der Waals surface area contributed by atoms with Gasteiger partial charge in [-0.15, -0.1) is 0 Å². The number of nitrogens with zero attached hydrogens (tertiary/aromatic N) is 1. The molecule has 1 aliphatic rings. The van der Waals surface area contributed by atoms with E-state index in [1.54, 1.807) is 6.07 Å². The number of carbonyl (C=O) groups excluding carboxylic acids is 2. The van der Waals surface area contributed by atoms with Crippen LogP contribution in [0.2, 0.25) is 0 Å². The largest absolute Gasteiger partial charge is 0.369 e. The van der Waals surface area contributed by atoms with Crippen molar-refractivity contribution < 1.29 is 14.0 Å². The van der Waals surface area contributed by atoms with E-state index in [2.05, 4.69) is 15.9 Å². The molecular weight excluding hydrogens is 327 g/mol. The third-order valence-corrected chi connectivity index (χ3v) is 4.34. The van der Waals surface area contributed by atoms with Crippen molar-refractivity contribution >= 4 is 27.7 Å². The van der Waals surface area contributed by atoms with E-state index >= 15 is 0 Å². The highest BCUT2D eigenvalue weighted by Crippen LogP contribution is 2.26. The highest BCUT2D eigenvalue weighted by molar-refractivity contribution is 9.10. The number of likely N-dealkylation sites (tertiary alicyclic amines) is 1. The van der Waals surface area contributed by atoms with Gasteiger partial charge in [0.05, 0.1) is 16.0 Å². The predicted molar refractivity (Wildman–Crippen MR) is 76.5 cm³/mol. The molecular formula is C14H16BrFN2O2. The summed E-state index contributed by atoms with van der Waals surface area (Å²) in [4.78, 5) is 25.3. The Kier molecular flexibility index (Phi) is 4.42. The minimum absolute atomic E-state index is 0.0105. The molecule has 2 rings (SSSR count). The molecule has 4 nitrogen and oxygen atoms in total. The Labute approximate surface area is 125 Å². The van der Waals surface area contributed by atoms with Gasteiger partial charge in [-0.2, -0.15) is 0 Å². The standard InChI is InChI=1S/C14H16BrFN2O2/c1-8-5-6-9(13(17)19)7-18(8)14(20)10-3-2-4-11(15)12(10)16/h2-4,8-9H,5-7H2,1H3,(H2,17,19). The molecule has 2 N–H and O–H groups in total. The normalized spacial score (nSPS) is 22.6. The number of piperidine rings is 1. The van der Waals surface area contributed by atoms with Crippen LogP contribution in [0.3, 0.4) is 0 Å². The van der Waals surface area contributed by atoms with E-state index < -0.39 is 17.6 Å². The zero-order valence-corrected chi connectivity index (χ0v) is 12.7. The van der Waals surface area contributed by atoms with E-state index in [1.165, 1.54) is 17.0 Å². The van der Waals surface area contributed by atoms with Crippen LogP contribution in [-0.2, 0) is 4.79 Å². The lowest BCUT2D eigenvalue weighted by atomic mass is 9.92. The summed E-state index contributed by atoms with van der Waals surface area (Å²) in [6, 6.07) is 4.57. The van der Waals surface area contributed by atoms with Gasteiger partial charge in [-0.25, -0.2) is 4.39 Å². The van der Waals surface area contributed by atoms with Crippen molar-refractivity contribution in [1.29, 1.82) is 0 Å². The van der Waals surface area contributed by atoms with Crippen molar-refractivity contribution in [1.82, 2.24) is 4.90 Å². The van der Waals surface area contributed by atoms with Crippen molar-refractivity contribution in [2.24, 2.45) is 11.7 Å². The molecule has 0 aromatic heterocycles. The van der Waals surface area contributed by atoms with Crippen LogP contribution >= 0.6 is 15.9 Å². The first kappa shape index (κ1) is 15.0. The van der Waals surface area contributed by atoms with E-state index in [0.29, 0.717) is 12.8 Å². The number of benzene rings is 1. The molecule has 2 amide bonds. The second kappa shape index (κ2) is 5.91. The predicted octanol–water partition coefficient (Wildman–Crippen LogP) is 2.31. The molecule has 0 spiro atoms. The van der Waals surface area contributed by atoms with E-state index in [9.17, 15) is 14.0 Å². The highest BCUT2D eigenvalue weighted by atomic mass is 79.9. The summed E-state index contributed by atoms with van der Waals surface area (Å²) in [5, 5.41) is 0. The van der Waals surface area contributed by atoms with Gasteiger partial charge in [-0.1, -0.05) is 6.07 Å². The van der Waals surface area contributed by atoms with Gasteiger partial charge in [0, 0.05) is 12.6 Å². The molecule has 1 aromatic rings. The zero-order chi connectivity index (χ0) is 14.9. The lowest BCUT2D eigenvalue weighted by Gasteiger charge is -2.37. The lowest BCUT2D eigenvalue weighted by Crippen LogP contribution is -2.48. The molecule has 0 radical (unpaired) electrons. The smallest absolute Gasteiger partial charge is 0.257 e. The Morgan fingerprint density at radius 1 is 1.40 bits per heavy atom. The van der Waals surface area contributed by atoms with Crippen LogP contribution in [0.25, 0.3) is 0 Å². The maximum atomic E-state index is 14.0. The van der Waals surface area contributed by atoms with Crippen molar-refractivity contribution in [3.05, 3.63) is 34.1 Å². The van der Waals surface area contributed by atoms with Gasteiger partial charge in [0.1, 0.15) is 5.82 Å². The Hall–Kier alpha value is -1.43. The summed E-state index contributed by atoms with van der Waals surface area (Å²) in [6.07, 6.45) is 1.36. The highest BCUT2D eigenvalue weighted by Gasteiger charge is 2.33. The summed E-state index contributed by atoms with van der Waals surface area (Å²) in [5.41, 5.74) is 5.32. The Morgan fingerprint density at radius 3 is 2.75 bits per heavy atom. The van der Waals surface area contributed by atoms with Gasteiger partial charge in [0.2, 0.25) is 5.91 Å². The molecule has 0 aliphatic carbocycles. The minimum Gasteiger partial charge on any atom is -0.369 e. The third kappa shape index (κ3) is 2.85. The van der Waals surface area contributed by atoms with Gasteiger partial charge in [0.25, 0.3) is 5.91 Å². The summed E-state index contributed by atoms with van der Waals surface area (Å²) in [7, 11) is 0. The molecule has 1 aromatic carbocycles. The van der Waals surface area contributed by atoms with E-state index in [-0.39, 0.29) is 28.5 Å². The first-order valence-corrected chi connectivity index (χ1v) is 7.25. The molecule has 1 heterocycles. The van der Waals surface area contributed by atoms with Crippen LogP contribution in [0, 0.1) is 11.7 Å². The third-order valence-electron chi connectivity index (χ3n) is 3.73. The van der Waals surface area contributed by atoms with Gasteiger partial charge in [-0.05, 0) is 47.8 Å². The van der Waals surface area contributed by atoms with Gasteiger partial charge < -0.3 is 10.6 Å². The van der Waals surface area contributed by atoms with Crippen molar-refractivity contribution in [2.75, 3.05) is 6.54 Å². The molecule has 2 unspecified atom stereocenters. The molecule has 1 aliphatic heterocycles. The van der Waals surface area contributed by atoms with Gasteiger partial charge >= 0.3 is 0 Å². The van der Waals surface area contributed by atoms with Gasteiger partial charge in [-0.3, -0.25) is 9.59 Å². The van der Waals surface area contributed by atoms with Crippen LogP contribution in [0.4, 0.5) is 4.39 Å². The number of hydrogen-bond donors (Lipinski definition) is 1. The average Bonchev–Trinajstić information content (AvgIpc) is 2.41. The van der Waals surface area contributed by atoms with E-state index in [0.717, 1.165) is 0 Å². The Morgan fingerprint density at radius 2 is 2.10 bits per heavy atom. The molecule has 2 atom stereocenters. The molecule has 1 saturated heterocycles. The quantitative estimate of drug-likeness (QED) is 0.896. The number of rotatable bonds is 2. The SMILES string of the molecule is CC1CCC(C(N)=O)CN1C(=O)c1cccc(Br)c1F. The van der Waals surface area contributed by atoms with Crippen LogP contribution in [0.15, 0.2) is 22.7 Å². The lowest BCUT2D eigenvalue weighted by molar-refractivity contribution is -0.123. The first-order chi connectivity index (χ1) is 9.41. The van der Waals surface area contributed by atoms with Crippen molar-refractivity contribution in [2.45, 2.75) is 25.8 Å². The number of hydrogen-bond acceptors (Lipinski definition) is 2. The van der Waals surface area contributed by atoms with Crippen molar-refractivity contribution in [3.63, 3.8) is 0 Å². The summed E-state index contributed by atoms with van der Waals surface area (Å²) < 4.78 is 14.3. The molecule has 0 saturated carbocycles. The number of primary amides is 1. The van der Waals surface area contributed by atoms with Crippen molar-refractivity contribution in [3.8, 4) is 0 Å². The number of nitrogens with two attached hydrogens (primary N) is 1. The van der Waals surface area contributed by atoms with Crippen LogP contribution < -0.4 is 5.73 Å². The fraction of sp³-hybridized carbons (Fsp3) is 0.429. The Balaban J connectivity index is 2.26. The molecule has 1 fully saturated rings. The second-order valence-electron chi connectivity index (χ2n) is 5.08. The number of carbonyl (C=O) groups is 2. The first-order valence-electron chi connectivity index (χ1n) is 6.46. The van der Waals surface area contributed by atoms with E-state index in [4.69, 9.17) is 5.73 Å². The molecule has 6 heteroatoms. The maximum Gasteiger partial charge on any atom is 0.257 e. The zero-order valence-electron chi connectivity index (χ0n) is 11.1. The van der Waals surface area contributed by atoms with Gasteiger partial charge in [0.15, 0.2) is 0 Å². The maximum absolute atomic E-state index is 14.0.